The Kier molecular flexibility index (Phi) is 4.95. The summed E-state index contributed by atoms with van der Waals surface area (Å²) in [4.78, 5) is 22.5. The van der Waals surface area contributed by atoms with Gasteiger partial charge >= 0.3 is 5.97 Å². The molecule has 0 radical (unpaired) electrons. The Morgan fingerprint density at radius 1 is 1.33 bits per heavy atom. The number of ketones is 1. The van der Waals surface area contributed by atoms with E-state index in [1.54, 1.807) is 6.07 Å². The van der Waals surface area contributed by atoms with Crippen molar-refractivity contribution in [3.63, 3.8) is 0 Å². The van der Waals surface area contributed by atoms with Gasteiger partial charge in [0.1, 0.15) is 0 Å². The number of carbonyl (C=O) groups excluding carboxylic acids is 1. The molecule has 0 aromatic carbocycles. The number of carboxylic acids is 1. The van der Waals surface area contributed by atoms with Crippen molar-refractivity contribution in [2.45, 2.75) is 19.3 Å². The van der Waals surface area contributed by atoms with Crippen molar-refractivity contribution < 1.29 is 14.7 Å². The molecule has 0 amide bonds. The third-order valence-electron chi connectivity index (χ3n) is 1.71. The predicted molar refractivity (Wildman–Crippen MR) is 65.5 cm³/mol. The first kappa shape index (κ1) is 12.9. The van der Waals surface area contributed by atoms with Gasteiger partial charge in [-0.2, -0.15) is 0 Å². The second kappa shape index (κ2) is 5.77. The third-order valence-corrected chi connectivity index (χ3v) is 5.01. The maximum Gasteiger partial charge on any atom is 0.303 e. The number of hydrogen-bond donors (Lipinski definition) is 1. The highest BCUT2D eigenvalue weighted by Gasteiger charge is 2.12. The molecule has 0 spiro atoms. The first-order valence-electron chi connectivity index (χ1n) is 4.20. The molecule has 82 valence electrons. The Morgan fingerprint density at radius 2 is 2.00 bits per heavy atom. The second-order valence-electron chi connectivity index (χ2n) is 2.90. The van der Waals surface area contributed by atoms with Crippen molar-refractivity contribution in [2.24, 2.45) is 0 Å². The summed E-state index contributed by atoms with van der Waals surface area (Å²) in [6.07, 6.45) is 0.715. The SMILES string of the molecule is O=C(O)CCCC(=O)c1cc(Br)c(Br)s1. The summed E-state index contributed by atoms with van der Waals surface area (Å²) in [5, 5.41) is 8.42. The van der Waals surface area contributed by atoms with Gasteiger partial charge in [0.05, 0.1) is 8.66 Å². The predicted octanol–water partition coefficient (Wildman–Crippen LogP) is 3.71. The van der Waals surface area contributed by atoms with Crippen LogP contribution in [0.1, 0.15) is 28.9 Å². The molecule has 1 aromatic rings. The van der Waals surface area contributed by atoms with E-state index in [4.69, 9.17) is 5.11 Å². The lowest BCUT2D eigenvalue weighted by atomic mass is 10.1. The van der Waals surface area contributed by atoms with Gasteiger partial charge in [-0.05, 0) is 44.3 Å². The molecule has 0 aliphatic carbocycles. The molecule has 1 rings (SSSR count). The highest BCUT2D eigenvalue weighted by Crippen LogP contribution is 2.33. The van der Waals surface area contributed by atoms with E-state index in [0.29, 0.717) is 11.3 Å². The van der Waals surface area contributed by atoms with Crippen molar-refractivity contribution in [2.75, 3.05) is 0 Å². The van der Waals surface area contributed by atoms with Gasteiger partial charge in [-0.3, -0.25) is 9.59 Å². The molecule has 0 saturated heterocycles. The number of carboxylic acid groups (broad SMARTS) is 1. The number of rotatable bonds is 5. The summed E-state index contributed by atoms with van der Waals surface area (Å²) in [5.74, 6) is -0.871. The highest BCUT2D eigenvalue weighted by molar-refractivity contribution is 9.13. The van der Waals surface area contributed by atoms with Crippen LogP contribution in [0.25, 0.3) is 0 Å². The van der Waals surface area contributed by atoms with Crippen LogP contribution >= 0.6 is 43.2 Å². The van der Waals surface area contributed by atoms with E-state index in [0.717, 1.165) is 8.26 Å². The molecule has 15 heavy (non-hydrogen) atoms. The van der Waals surface area contributed by atoms with Gasteiger partial charge in [0.2, 0.25) is 0 Å². The molecule has 6 heteroatoms. The smallest absolute Gasteiger partial charge is 0.303 e. The monoisotopic (exact) mass is 354 g/mol. The number of carbonyl (C=O) groups is 2. The molecular weight excluding hydrogens is 348 g/mol. The fourth-order valence-corrected chi connectivity index (χ4v) is 3.01. The molecule has 1 N–H and O–H groups in total. The van der Waals surface area contributed by atoms with Crippen molar-refractivity contribution in [3.05, 3.63) is 19.2 Å². The summed E-state index contributed by atoms with van der Waals surface area (Å²) < 4.78 is 1.73. The Bertz CT molecular complexity index is 367. The molecular formula is C9H8Br2O3S. The van der Waals surface area contributed by atoms with E-state index in [9.17, 15) is 9.59 Å². The van der Waals surface area contributed by atoms with Crippen molar-refractivity contribution in [1.82, 2.24) is 0 Å². The van der Waals surface area contributed by atoms with E-state index in [2.05, 4.69) is 31.9 Å². The number of hydrogen-bond acceptors (Lipinski definition) is 3. The molecule has 0 fully saturated rings. The van der Waals surface area contributed by atoms with Crippen LogP contribution in [0.5, 0.6) is 0 Å². The number of aliphatic carboxylic acids is 1. The maximum atomic E-state index is 11.6. The quantitative estimate of drug-likeness (QED) is 0.819. The Hall–Kier alpha value is -0.200. The highest BCUT2D eigenvalue weighted by atomic mass is 79.9. The summed E-state index contributed by atoms with van der Waals surface area (Å²) in [7, 11) is 0. The minimum Gasteiger partial charge on any atom is -0.481 e. The average molecular weight is 356 g/mol. The minimum atomic E-state index is -0.864. The first-order chi connectivity index (χ1) is 7.00. The molecule has 3 nitrogen and oxygen atoms in total. The van der Waals surface area contributed by atoms with Crippen LogP contribution < -0.4 is 0 Å². The van der Waals surface area contributed by atoms with Crippen LogP contribution in [-0.2, 0) is 4.79 Å². The number of Topliss-reactive ketones (excluding diaryl/α,β-unsaturated/α-hetero) is 1. The second-order valence-corrected chi connectivity index (χ2v) is 6.13. The van der Waals surface area contributed by atoms with E-state index in [1.807, 2.05) is 0 Å². The van der Waals surface area contributed by atoms with Gasteiger partial charge in [-0.1, -0.05) is 0 Å². The molecule has 0 aliphatic heterocycles. The topological polar surface area (TPSA) is 54.4 Å². The lowest BCUT2D eigenvalue weighted by Crippen LogP contribution is -1.99. The fourth-order valence-electron chi connectivity index (χ4n) is 1.01. The standard InChI is InChI=1S/C9H8Br2O3S/c10-5-4-7(15-9(5)11)6(12)2-1-3-8(13)14/h4H,1-3H2,(H,13,14). The third kappa shape index (κ3) is 4.04. The van der Waals surface area contributed by atoms with Crippen LogP contribution in [0.4, 0.5) is 0 Å². The van der Waals surface area contributed by atoms with E-state index < -0.39 is 5.97 Å². The molecule has 1 heterocycles. The van der Waals surface area contributed by atoms with Crippen LogP contribution in [0.3, 0.4) is 0 Å². The molecule has 0 bridgehead atoms. The zero-order chi connectivity index (χ0) is 11.4. The van der Waals surface area contributed by atoms with Crippen molar-refractivity contribution >= 4 is 54.9 Å². The van der Waals surface area contributed by atoms with Gasteiger partial charge in [0.25, 0.3) is 0 Å². The summed E-state index contributed by atoms with van der Waals surface area (Å²) in [6, 6.07) is 1.75. The fraction of sp³-hybridized carbons (Fsp3) is 0.333. The van der Waals surface area contributed by atoms with Crippen LogP contribution in [0, 0.1) is 0 Å². The molecule has 0 atom stereocenters. The minimum absolute atomic E-state index is 0.00681. The van der Waals surface area contributed by atoms with Crippen LogP contribution in [0.2, 0.25) is 0 Å². The van der Waals surface area contributed by atoms with E-state index >= 15 is 0 Å². The van der Waals surface area contributed by atoms with E-state index in [-0.39, 0.29) is 18.6 Å². The van der Waals surface area contributed by atoms with Crippen molar-refractivity contribution in [1.29, 1.82) is 0 Å². The zero-order valence-corrected chi connectivity index (χ0v) is 11.6. The summed E-state index contributed by atoms with van der Waals surface area (Å²) in [6.45, 7) is 0. The number of thiophene rings is 1. The lowest BCUT2D eigenvalue weighted by molar-refractivity contribution is -0.137. The van der Waals surface area contributed by atoms with Gasteiger partial charge < -0.3 is 5.11 Å². The summed E-state index contributed by atoms with van der Waals surface area (Å²) >= 11 is 7.95. The van der Waals surface area contributed by atoms with E-state index in [1.165, 1.54) is 11.3 Å². The van der Waals surface area contributed by atoms with Gasteiger partial charge in [-0.15, -0.1) is 11.3 Å². The normalized spacial score (nSPS) is 10.3. The summed E-state index contributed by atoms with van der Waals surface area (Å²) in [5.41, 5.74) is 0. The van der Waals surface area contributed by atoms with Crippen molar-refractivity contribution in [3.8, 4) is 0 Å². The Balaban J connectivity index is 2.50. The van der Waals surface area contributed by atoms with Gasteiger partial charge in [0.15, 0.2) is 5.78 Å². The Labute approximate surface area is 108 Å². The van der Waals surface area contributed by atoms with Gasteiger partial charge in [-0.25, -0.2) is 0 Å². The first-order valence-corrected chi connectivity index (χ1v) is 6.61. The Morgan fingerprint density at radius 3 is 2.47 bits per heavy atom. The zero-order valence-electron chi connectivity index (χ0n) is 7.63. The van der Waals surface area contributed by atoms with Gasteiger partial charge in [0, 0.05) is 17.3 Å². The van der Waals surface area contributed by atoms with Crippen LogP contribution in [-0.4, -0.2) is 16.9 Å². The average Bonchev–Trinajstić information content (AvgIpc) is 2.46. The molecule has 1 aromatic heterocycles. The maximum absolute atomic E-state index is 11.6. The lowest BCUT2D eigenvalue weighted by Gasteiger charge is -1.95. The number of halogens is 2. The molecule has 0 saturated carbocycles. The molecule has 0 aliphatic rings. The van der Waals surface area contributed by atoms with Crippen LogP contribution in [0.15, 0.2) is 14.3 Å². The molecule has 0 unspecified atom stereocenters. The largest absolute Gasteiger partial charge is 0.481 e.